The maximum atomic E-state index is 4.24. The summed E-state index contributed by atoms with van der Waals surface area (Å²) in [6, 6.07) is 17.6. The van der Waals surface area contributed by atoms with E-state index in [1.54, 1.807) is 0 Å². The summed E-state index contributed by atoms with van der Waals surface area (Å²) in [7, 11) is 0. The number of benzene rings is 2. The van der Waals surface area contributed by atoms with Crippen molar-refractivity contribution in [3.8, 4) is 0 Å². The van der Waals surface area contributed by atoms with Crippen molar-refractivity contribution >= 4 is 10.8 Å². The summed E-state index contributed by atoms with van der Waals surface area (Å²) in [6.45, 7) is 8.80. The summed E-state index contributed by atoms with van der Waals surface area (Å²) in [5.74, 6) is 0. The Bertz CT molecular complexity index is 845. The minimum Gasteiger partial charge on any atom is -0.297 e. The first kappa shape index (κ1) is 16.2. The van der Waals surface area contributed by atoms with Gasteiger partial charge in [0.1, 0.15) is 0 Å². The number of aryl methyl sites for hydroxylation is 1. The maximum Gasteiger partial charge on any atom is 0.0346 e. The van der Waals surface area contributed by atoms with Crippen LogP contribution in [0.1, 0.15) is 16.7 Å². The van der Waals surface area contributed by atoms with Crippen LogP contribution >= 0.6 is 0 Å². The average Bonchev–Trinajstić information content (AvgIpc) is 2.64. The molecule has 1 aromatic heterocycles. The van der Waals surface area contributed by atoms with E-state index in [1.807, 2.05) is 12.4 Å². The van der Waals surface area contributed by atoms with Crippen molar-refractivity contribution in [2.75, 3.05) is 26.2 Å². The summed E-state index contributed by atoms with van der Waals surface area (Å²) in [6.07, 6.45) is 3.85. The molecule has 0 bridgehead atoms. The lowest BCUT2D eigenvalue weighted by molar-refractivity contribution is 0.122. The van der Waals surface area contributed by atoms with Crippen LogP contribution in [-0.2, 0) is 13.1 Å². The molecular formula is C22H25N3. The molecule has 0 radical (unpaired) electrons. The molecule has 128 valence electrons. The summed E-state index contributed by atoms with van der Waals surface area (Å²) < 4.78 is 0. The minimum absolute atomic E-state index is 1.03. The highest BCUT2D eigenvalue weighted by Gasteiger charge is 2.17. The molecule has 4 rings (SSSR count). The predicted molar refractivity (Wildman–Crippen MR) is 103 cm³/mol. The first-order valence-corrected chi connectivity index (χ1v) is 9.10. The van der Waals surface area contributed by atoms with Crippen molar-refractivity contribution in [3.63, 3.8) is 0 Å². The van der Waals surface area contributed by atoms with Gasteiger partial charge in [0, 0.05) is 57.0 Å². The second-order valence-electron chi connectivity index (χ2n) is 7.06. The summed E-state index contributed by atoms with van der Waals surface area (Å²) in [5, 5.41) is 2.57. The topological polar surface area (TPSA) is 19.4 Å². The number of rotatable bonds is 4. The van der Waals surface area contributed by atoms with Gasteiger partial charge in [0.15, 0.2) is 0 Å². The molecule has 2 heterocycles. The van der Waals surface area contributed by atoms with Crippen LogP contribution in [0.3, 0.4) is 0 Å². The van der Waals surface area contributed by atoms with Crippen molar-refractivity contribution in [1.29, 1.82) is 0 Å². The molecule has 3 aromatic rings. The molecule has 1 saturated heterocycles. The number of pyridine rings is 1. The second-order valence-corrected chi connectivity index (χ2v) is 7.06. The molecule has 0 saturated carbocycles. The molecule has 0 spiro atoms. The van der Waals surface area contributed by atoms with E-state index in [0.29, 0.717) is 0 Å². The van der Waals surface area contributed by atoms with Crippen LogP contribution in [0.5, 0.6) is 0 Å². The van der Waals surface area contributed by atoms with E-state index in [9.17, 15) is 0 Å². The van der Waals surface area contributed by atoms with E-state index in [-0.39, 0.29) is 0 Å². The van der Waals surface area contributed by atoms with Crippen molar-refractivity contribution < 1.29 is 0 Å². The molecule has 0 unspecified atom stereocenters. The molecule has 0 aliphatic carbocycles. The third-order valence-electron chi connectivity index (χ3n) is 5.12. The van der Waals surface area contributed by atoms with Crippen molar-refractivity contribution in [3.05, 3.63) is 77.6 Å². The number of piperazine rings is 1. The van der Waals surface area contributed by atoms with Crippen LogP contribution in [0.2, 0.25) is 0 Å². The number of hydrogen-bond acceptors (Lipinski definition) is 3. The Kier molecular flexibility index (Phi) is 4.77. The van der Waals surface area contributed by atoms with Gasteiger partial charge in [-0.25, -0.2) is 0 Å². The van der Waals surface area contributed by atoms with Crippen LogP contribution < -0.4 is 0 Å². The molecular weight excluding hydrogens is 306 g/mol. The van der Waals surface area contributed by atoms with Crippen molar-refractivity contribution in [2.45, 2.75) is 20.0 Å². The summed E-state index contributed by atoms with van der Waals surface area (Å²) in [4.78, 5) is 9.38. The molecule has 3 heteroatoms. The zero-order valence-corrected chi connectivity index (χ0v) is 14.9. The number of hydrogen-bond donors (Lipinski definition) is 0. The fourth-order valence-electron chi connectivity index (χ4n) is 3.74. The van der Waals surface area contributed by atoms with Gasteiger partial charge in [-0.1, -0.05) is 48.0 Å². The number of fused-ring (bicyclic) bond motifs is 1. The fraction of sp³-hybridized carbons (Fsp3) is 0.318. The lowest BCUT2D eigenvalue weighted by Crippen LogP contribution is -2.45. The molecule has 1 aliphatic rings. The van der Waals surface area contributed by atoms with E-state index in [4.69, 9.17) is 0 Å². The standard InChI is InChI=1S/C22H25N3/c1-18-4-2-5-19(14-18)16-24-10-12-25(13-11-24)17-21-7-3-6-20-15-23-9-8-22(20)21/h2-9,14-15H,10-13,16-17H2,1H3. The quantitative estimate of drug-likeness (QED) is 0.724. The van der Waals surface area contributed by atoms with Crippen molar-refractivity contribution in [2.24, 2.45) is 0 Å². The van der Waals surface area contributed by atoms with E-state index in [2.05, 4.69) is 70.2 Å². The average molecular weight is 331 g/mol. The van der Waals surface area contributed by atoms with Gasteiger partial charge in [-0.3, -0.25) is 14.8 Å². The monoisotopic (exact) mass is 331 g/mol. The fourth-order valence-corrected chi connectivity index (χ4v) is 3.74. The maximum absolute atomic E-state index is 4.24. The molecule has 2 aromatic carbocycles. The number of nitrogens with zero attached hydrogens (tertiary/aromatic N) is 3. The largest absolute Gasteiger partial charge is 0.297 e. The van der Waals surface area contributed by atoms with Gasteiger partial charge in [-0.05, 0) is 29.5 Å². The molecule has 0 atom stereocenters. The van der Waals surface area contributed by atoms with E-state index < -0.39 is 0 Å². The highest BCUT2D eigenvalue weighted by molar-refractivity contribution is 5.84. The Hall–Kier alpha value is -2.23. The zero-order valence-electron chi connectivity index (χ0n) is 14.9. The molecule has 1 fully saturated rings. The van der Waals surface area contributed by atoms with E-state index in [0.717, 1.165) is 39.3 Å². The lowest BCUT2D eigenvalue weighted by Gasteiger charge is -2.35. The first-order chi connectivity index (χ1) is 12.3. The molecule has 0 amide bonds. The smallest absolute Gasteiger partial charge is 0.0346 e. The SMILES string of the molecule is Cc1cccc(CN2CCN(Cc3cccc4cnccc34)CC2)c1. The molecule has 0 N–H and O–H groups in total. The van der Waals surface area contributed by atoms with Gasteiger partial charge >= 0.3 is 0 Å². The lowest BCUT2D eigenvalue weighted by atomic mass is 10.1. The van der Waals surface area contributed by atoms with Crippen molar-refractivity contribution in [1.82, 2.24) is 14.8 Å². The first-order valence-electron chi connectivity index (χ1n) is 9.10. The normalized spacial score (nSPS) is 16.4. The van der Waals surface area contributed by atoms with Gasteiger partial charge in [0.2, 0.25) is 0 Å². The third kappa shape index (κ3) is 3.89. The zero-order chi connectivity index (χ0) is 17.1. The van der Waals surface area contributed by atoms with Crippen LogP contribution in [0.15, 0.2) is 60.9 Å². The highest BCUT2D eigenvalue weighted by Crippen LogP contribution is 2.20. The second kappa shape index (κ2) is 7.34. The Morgan fingerprint density at radius 2 is 1.64 bits per heavy atom. The molecule has 1 aliphatic heterocycles. The Balaban J connectivity index is 1.37. The minimum atomic E-state index is 1.03. The summed E-state index contributed by atoms with van der Waals surface area (Å²) in [5.41, 5.74) is 4.18. The van der Waals surface area contributed by atoms with Crippen LogP contribution in [0.25, 0.3) is 10.8 Å². The van der Waals surface area contributed by atoms with Gasteiger partial charge in [0.05, 0.1) is 0 Å². The van der Waals surface area contributed by atoms with Gasteiger partial charge in [-0.15, -0.1) is 0 Å². The predicted octanol–water partition coefficient (Wildman–Crippen LogP) is 3.86. The van der Waals surface area contributed by atoms with Gasteiger partial charge in [-0.2, -0.15) is 0 Å². The van der Waals surface area contributed by atoms with Crippen LogP contribution in [0.4, 0.5) is 0 Å². The Morgan fingerprint density at radius 1 is 0.880 bits per heavy atom. The van der Waals surface area contributed by atoms with E-state index >= 15 is 0 Å². The van der Waals surface area contributed by atoms with Gasteiger partial charge in [0.25, 0.3) is 0 Å². The molecule has 3 nitrogen and oxygen atoms in total. The third-order valence-corrected chi connectivity index (χ3v) is 5.12. The number of aromatic nitrogens is 1. The van der Waals surface area contributed by atoms with Crippen LogP contribution in [-0.4, -0.2) is 41.0 Å². The highest BCUT2D eigenvalue weighted by atomic mass is 15.3. The Morgan fingerprint density at radius 3 is 2.44 bits per heavy atom. The van der Waals surface area contributed by atoms with Gasteiger partial charge < -0.3 is 0 Å². The van der Waals surface area contributed by atoms with E-state index in [1.165, 1.54) is 27.5 Å². The van der Waals surface area contributed by atoms with Crippen LogP contribution in [0, 0.1) is 6.92 Å². The Labute approximate surface area is 149 Å². The molecule has 25 heavy (non-hydrogen) atoms. The summed E-state index contributed by atoms with van der Waals surface area (Å²) >= 11 is 0.